The van der Waals surface area contributed by atoms with Crippen LogP contribution in [-0.4, -0.2) is 84.9 Å². The second-order valence-electron chi connectivity index (χ2n) is 7.72. The number of aldehydes is 1. The van der Waals surface area contributed by atoms with Crippen LogP contribution in [0.4, 0.5) is 22.0 Å². The van der Waals surface area contributed by atoms with E-state index in [1.807, 2.05) is 0 Å². The third-order valence-electron chi connectivity index (χ3n) is 4.84. The van der Waals surface area contributed by atoms with E-state index in [1.54, 1.807) is 24.3 Å². The number of esters is 1. The molecule has 40 heavy (non-hydrogen) atoms. The van der Waals surface area contributed by atoms with Gasteiger partial charge < -0.3 is 33.2 Å². The fourth-order valence-corrected chi connectivity index (χ4v) is 2.84. The summed E-state index contributed by atoms with van der Waals surface area (Å²) < 4.78 is 102. The third-order valence-corrected chi connectivity index (χ3v) is 4.84. The molecule has 9 nitrogen and oxygen atoms in total. The summed E-state index contributed by atoms with van der Waals surface area (Å²) in [5.74, 6) is -13.5. The molecule has 0 aliphatic rings. The van der Waals surface area contributed by atoms with Crippen molar-refractivity contribution in [3.63, 3.8) is 0 Å². The summed E-state index contributed by atoms with van der Waals surface area (Å²) in [5.41, 5.74) is 0.576. The molecule has 0 bridgehead atoms. The fraction of sp³-hybridized carbons (Fsp3) is 0.462. The summed E-state index contributed by atoms with van der Waals surface area (Å²) in [6.45, 7) is 2.85. The van der Waals surface area contributed by atoms with Crippen LogP contribution in [0.2, 0.25) is 0 Å². The van der Waals surface area contributed by atoms with E-state index in [-0.39, 0.29) is 26.4 Å². The lowest BCUT2D eigenvalue weighted by molar-refractivity contribution is -0.136. The van der Waals surface area contributed by atoms with Gasteiger partial charge in [0.05, 0.1) is 72.5 Å². The maximum Gasteiger partial charge on any atom is 0.313 e. The van der Waals surface area contributed by atoms with Gasteiger partial charge in [0, 0.05) is 5.56 Å². The quantitative estimate of drug-likeness (QED) is 0.0417. The van der Waals surface area contributed by atoms with E-state index in [9.17, 15) is 31.5 Å². The number of carbonyl (C=O) groups excluding carboxylic acids is 2. The molecule has 0 saturated heterocycles. The van der Waals surface area contributed by atoms with Crippen LogP contribution in [0.25, 0.3) is 0 Å². The fourth-order valence-electron chi connectivity index (χ4n) is 2.84. The Morgan fingerprint density at radius 3 is 1.43 bits per heavy atom. The van der Waals surface area contributed by atoms with Crippen molar-refractivity contribution in [1.82, 2.24) is 0 Å². The molecule has 0 spiro atoms. The molecule has 0 saturated carbocycles. The molecule has 0 aromatic heterocycles. The van der Waals surface area contributed by atoms with E-state index in [1.165, 1.54) is 0 Å². The van der Waals surface area contributed by atoms with Crippen LogP contribution in [0, 0.1) is 29.1 Å². The van der Waals surface area contributed by atoms with Gasteiger partial charge in [-0.2, -0.15) is 8.78 Å². The first kappa shape index (κ1) is 33.0. The molecule has 0 heterocycles. The molecule has 2 aromatic rings. The number of halogens is 5. The van der Waals surface area contributed by atoms with Crippen molar-refractivity contribution in [3.05, 3.63) is 58.9 Å². The van der Waals surface area contributed by atoms with E-state index >= 15 is 0 Å². The minimum absolute atomic E-state index is 0.0798. The van der Waals surface area contributed by atoms with Gasteiger partial charge in [-0.25, -0.2) is 13.2 Å². The van der Waals surface area contributed by atoms with E-state index in [4.69, 9.17) is 28.4 Å². The van der Waals surface area contributed by atoms with E-state index in [0.29, 0.717) is 57.6 Å². The van der Waals surface area contributed by atoms with E-state index in [0.717, 1.165) is 6.29 Å². The Morgan fingerprint density at radius 2 is 0.975 bits per heavy atom. The molecule has 0 aliphatic carbocycles. The van der Waals surface area contributed by atoms with Gasteiger partial charge in [-0.1, -0.05) is 0 Å². The van der Waals surface area contributed by atoms with Crippen LogP contribution in [0.5, 0.6) is 11.5 Å². The highest BCUT2D eigenvalue weighted by atomic mass is 19.2. The first-order valence-electron chi connectivity index (χ1n) is 12.1. The van der Waals surface area contributed by atoms with Gasteiger partial charge in [0.25, 0.3) is 0 Å². The van der Waals surface area contributed by atoms with Crippen LogP contribution in [0.3, 0.4) is 0 Å². The maximum absolute atomic E-state index is 13.5. The second-order valence-corrected chi connectivity index (χ2v) is 7.72. The molecule has 0 fully saturated rings. The Hall–Kier alpha value is -3.17. The highest BCUT2D eigenvalue weighted by Crippen LogP contribution is 2.29. The van der Waals surface area contributed by atoms with E-state index < -0.39 is 47.2 Å². The summed E-state index contributed by atoms with van der Waals surface area (Å²) in [6, 6.07) is 6.75. The standard InChI is InChI=1S/C26H29F5O9/c27-21-22(28)24(30)26(25(31)23(21)29)40-20(33)5-6-34-7-8-35-9-10-36-11-12-37-13-14-38-15-16-39-19-3-1-18(17-32)2-4-19/h1-4,17H,5-16H2. The number of ether oxygens (including phenoxy) is 7. The molecule has 2 rings (SSSR count). The van der Waals surface area contributed by atoms with Gasteiger partial charge in [0.15, 0.2) is 0 Å². The van der Waals surface area contributed by atoms with Crippen molar-refractivity contribution in [2.75, 3.05) is 72.7 Å². The number of hydrogen-bond acceptors (Lipinski definition) is 9. The van der Waals surface area contributed by atoms with Crippen LogP contribution >= 0.6 is 0 Å². The molecule has 0 amide bonds. The summed E-state index contributed by atoms with van der Waals surface area (Å²) in [7, 11) is 0. The summed E-state index contributed by atoms with van der Waals surface area (Å²) in [4.78, 5) is 22.2. The third kappa shape index (κ3) is 11.9. The van der Waals surface area contributed by atoms with Crippen molar-refractivity contribution in [2.24, 2.45) is 0 Å². The number of carbonyl (C=O) groups is 2. The van der Waals surface area contributed by atoms with Crippen molar-refractivity contribution >= 4 is 12.3 Å². The van der Waals surface area contributed by atoms with Crippen LogP contribution < -0.4 is 9.47 Å². The van der Waals surface area contributed by atoms with Gasteiger partial charge in [0.1, 0.15) is 18.6 Å². The van der Waals surface area contributed by atoms with E-state index in [2.05, 4.69) is 4.74 Å². The van der Waals surface area contributed by atoms with Crippen LogP contribution in [0.1, 0.15) is 16.8 Å². The molecule has 0 aliphatic heterocycles. The zero-order valence-corrected chi connectivity index (χ0v) is 21.4. The van der Waals surface area contributed by atoms with Crippen LogP contribution in [-0.2, 0) is 28.5 Å². The molecule has 14 heteroatoms. The van der Waals surface area contributed by atoms with Crippen molar-refractivity contribution < 1.29 is 64.7 Å². The average Bonchev–Trinajstić information content (AvgIpc) is 2.97. The van der Waals surface area contributed by atoms with Gasteiger partial charge in [-0.15, -0.1) is 0 Å². The monoisotopic (exact) mass is 580 g/mol. The lowest BCUT2D eigenvalue weighted by Gasteiger charge is -2.09. The van der Waals surface area contributed by atoms with Gasteiger partial charge >= 0.3 is 5.97 Å². The Labute approximate surface area is 227 Å². The number of hydrogen-bond donors (Lipinski definition) is 0. The Morgan fingerprint density at radius 1 is 0.575 bits per heavy atom. The molecular formula is C26H29F5O9. The second kappa shape index (κ2) is 19.0. The van der Waals surface area contributed by atoms with Crippen molar-refractivity contribution in [1.29, 1.82) is 0 Å². The smallest absolute Gasteiger partial charge is 0.313 e. The zero-order chi connectivity index (χ0) is 29.2. The van der Waals surface area contributed by atoms with Crippen LogP contribution in [0.15, 0.2) is 24.3 Å². The number of rotatable bonds is 21. The van der Waals surface area contributed by atoms with Crippen molar-refractivity contribution in [2.45, 2.75) is 6.42 Å². The van der Waals surface area contributed by atoms with Gasteiger partial charge in [-0.05, 0) is 24.3 Å². The summed E-state index contributed by atoms with van der Waals surface area (Å²) in [5, 5.41) is 0. The molecule has 0 N–H and O–H groups in total. The number of benzene rings is 2. The zero-order valence-electron chi connectivity index (χ0n) is 21.4. The Kier molecular flexibility index (Phi) is 15.7. The Bertz CT molecular complexity index is 1020. The summed E-state index contributed by atoms with van der Waals surface area (Å²) in [6.07, 6.45) is 0.272. The first-order valence-corrected chi connectivity index (χ1v) is 12.1. The summed E-state index contributed by atoms with van der Waals surface area (Å²) >= 11 is 0. The predicted octanol–water partition coefficient (Wildman–Crippen LogP) is 3.65. The molecule has 222 valence electrons. The molecule has 0 atom stereocenters. The maximum atomic E-state index is 13.5. The lowest BCUT2D eigenvalue weighted by Crippen LogP contribution is -2.16. The SMILES string of the molecule is O=Cc1ccc(OCCOCCOCCOCCOCCOCCC(=O)Oc2c(F)c(F)c(F)c(F)c2F)cc1. The molecule has 0 unspecified atom stereocenters. The largest absolute Gasteiger partial charge is 0.491 e. The van der Waals surface area contributed by atoms with Gasteiger partial charge in [0.2, 0.25) is 34.8 Å². The Balaban J connectivity index is 1.35. The predicted molar refractivity (Wildman–Crippen MR) is 128 cm³/mol. The highest BCUT2D eigenvalue weighted by molar-refractivity contribution is 5.74. The molecule has 0 radical (unpaired) electrons. The molecular weight excluding hydrogens is 551 g/mol. The minimum Gasteiger partial charge on any atom is -0.491 e. The minimum atomic E-state index is -2.35. The van der Waals surface area contributed by atoms with Gasteiger partial charge in [-0.3, -0.25) is 9.59 Å². The molecule has 2 aromatic carbocycles. The first-order chi connectivity index (χ1) is 19.3. The van der Waals surface area contributed by atoms with Crippen molar-refractivity contribution in [3.8, 4) is 11.5 Å². The topological polar surface area (TPSA) is 98.8 Å². The lowest BCUT2D eigenvalue weighted by atomic mass is 10.2. The average molecular weight is 580 g/mol. The highest BCUT2D eigenvalue weighted by Gasteiger charge is 2.28. The normalized spacial score (nSPS) is 11.0.